The summed E-state index contributed by atoms with van der Waals surface area (Å²) in [5.41, 5.74) is 1.79. The van der Waals surface area contributed by atoms with Gasteiger partial charge in [-0.15, -0.1) is 24.0 Å². The van der Waals surface area contributed by atoms with E-state index in [2.05, 4.69) is 20.6 Å². The summed E-state index contributed by atoms with van der Waals surface area (Å²) >= 11 is 0. The standard InChI is InChI=1S/C18H21F3N4.HI/c1-3-22-17(25-12-16-13(2)6-5-9-23-16)24-11-14-7-4-8-15(10-14)18(19,20)21;/h4-10H,3,11-12H2,1-2H3,(H2,22,24,25);1H. The Labute approximate surface area is 168 Å². The highest BCUT2D eigenvalue weighted by atomic mass is 127. The van der Waals surface area contributed by atoms with Crippen molar-refractivity contribution in [1.82, 2.24) is 15.6 Å². The van der Waals surface area contributed by atoms with Crippen LogP contribution >= 0.6 is 24.0 Å². The second kappa shape index (κ2) is 10.3. The number of aliphatic imine (C=N–C) groups is 1. The van der Waals surface area contributed by atoms with E-state index in [0.717, 1.165) is 23.4 Å². The third kappa shape index (κ3) is 6.81. The Morgan fingerprint density at radius 1 is 1.15 bits per heavy atom. The van der Waals surface area contributed by atoms with Crippen LogP contribution in [0.15, 0.2) is 47.6 Å². The number of rotatable bonds is 5. The second-order valence-corrected chi connectivity index (χ2v) is 5.51. The molecule has 142 valence electrons. The lowest BCUT2D eigenvalue weighted by atomic mass is 10.1. The maximum absolute atomic E-state index is 12.8. The van der Waals surface area contributed by atoms with Gasteiger partial charge >= 0.3 is 6.18 Å². The monoisotopic (exact) mass is 478 g/mol. The van der Waals surface area contributed by atoms with Crippen molar-refractivity contribution in [3.63, 3.8) is 0 Å². The number of pyridine rings is 1. The van der Waals surface area contributed by atoms with Crippen molar-refractivity contribution in [2.24, 2.45) is 4.99 Å². The topological polar surface area (TPSA) is 49.3 Å². The van der Waals surface area contributed by atoms with Gasteiger partial charge in [0.1, 0.15) is 0 Å². The van der Waals surface area contributed by atoms with E-state index in [1.54, 1.807) is 12.3 Å². The van der Waals surface area contributed by atoms with E-state index < -0.39 is 11.7 Å². The first kappa shape index (κ1) is 22.2. The summed E-state index contributed by atoms with van der Waals surface area (Å²) in [6, 6.07) is 9.04. The van der Waals surface area contributed by atoms with Crippen LogP contribution in [0.25, 0.3) is 0 Å². The van der Waals surface area contributed by atoms with Crippen molar-refractivity contribution in [3.8, 4) is 0 Å². The fourth-order valence-corrected chi connectivity index (χ4v) is 2.23. The number of benzene rings is 1. The summed E-state index contributed by atoms with van der Waals surface area (Å²) < 4.78 is 38.3. The predicted octanol–water partition coefficient (Wildman–Crippen LogP) is 4.28. The number of nitrogens with one attached hydrogen (secondary N) is 2. The first-order valence-corrected chi connectivity index (χ1v) is 7.99. The molecule has 2 rings (SSSR count). The normalized spacial score (nSPS) is 11.7. The Morgan fingerprint density at radius 3 is 2.58 bits per heavy atom. The van der Waals surface area contributed by atoms with Gasteiger partial charge in [0.15, 0.2) is 5.96 Å². The van der Waals surface area contributed by atoms with Crippen molar-refractivity contribution in [2.45, 2.75) is 33.1 Å². The summed E-state index contributed by atoms with van der Waals surface area (Å²) in [6.45, 7) is 5.18. The predicted molar refractivity (Wildman–Crippen MR) is 107 cm³/mol. The first-order chi connectivity index (χ1) is 11.9. The molecule has 2 aromatic rings. The van der Waals surface area contributed by atoms with Crippen molar-refractivity contribution < 1.29 is 13.2 Å². The number of hydrogen-bond donors (Lipinski definition) is 2. The summed E-state index contributed by atoms with van der Waals surface area (Å²) in [5, 5.41) is 6.22. The van der Waals surface area contributed by atoms with Crippen LogP contribution in [0.3, 0.4) is 0 Å². The van der Waals surface area contributed by atoms with E-state index in [4.69, 9.17) is 0 Å². The SMILES string of the molecule is CCNC(=NCc1cccc(C(F)(F)F)c1)NCc1ncccc1C.I. The van der Waals surface area contributed by atoms with E-state index in [9.17, 15) is 13.2 Å². The zero-order valence-electron chi connectivity index (χ0n) is 14.6. The average Bonchev–Trinajstić information content (AvgIpc) is 2.58. The zero-order chi connectivity index (χ0) is 18.3. The number of nitrogens with zero attached hydrogens (tertiary/aromatic N) is 2. The summed E-state index contributed by atoms with van der Waals surface area (Å²) in [7, 11) is 0. The van der Waals surface area contributed by atoms with Crippen LogP contribution in [-0.2, 0) is 19.3 Å². The van der Waals surface area contributed by atoms with Gasteiger partial charge in [-0.25, -0.2) is 4.99 Å². The first-order valence-electron chi connectivity index (χ1n) is 7.99. The average molecular weight is 478 g/mol. The third-order valence-electron chi connectivity index (χ3n) is 3.56. The highest BCUT2D eigenvalue weighted by Gasteiger charge is 2.30. The number of guanidine groups is 1. The molecule has 0 radical (unpaired) electrons. The minimum Gasteiger partial charge on any atom is -0.357 e. The summed E-state index contributed by atoms with van der Waals surface area (Å²) in [6.07, 6.45) is -2.63. The van der Waals surface area contributed by atoms with Crippen LogP contribution in [0.5, 0.6) is 0 Å². The maximum Gasteiger partial charge on any atom is 0.416 e. The zero-order valence-corrected chi connectivity index (χ0v) is 16.9. The maximum atomic E-state index is 12.8. The molecule has 0 saturated heterocycles. The van der Waals surface area contributed by atoms with Crippen LogP contribution in [0.1, 0.15) is 29.3 Å². The molecule has 0 aliphatic rings. The Morgan fingerprint density at radius 2 is 1.92 bits per heavy atom. The van der Waals surface area contributed by atoms with E-state index in [-0.39, 0.29) is 30.5 Å². The van der Waals surface area contributed by atoms with Gasteiger partial charge in [-0.2, -0.15) is 13.2 Å². The molecule has 1 heterocycles. The molecular weight excluding hydrogens is 456 g/mol. The van der Waals surface area contributed by atoms with Gasteiger partial charge in [0, 0.05) is 12.7 Å². The van der Waals surface area contributed by atoms with Gasteiger partial charge in [0.05, 0.1) is 24.3 Å². The largest absolute Gasteiger partial charge is 0.416 e. The molecule has 0 aliphatic heterocycles. The Hall–Kier alpha value is -1.84. The molecule has 2 N–H and O–H groups in total. The van der Waals surface area contributed by atoms with E-state index in [0.29, 0.717) is 24.6 Å². The number of halogens is 4. The lowest BCUT2D eigenvalue weighted by molar-refractivity contribution is -0.137. The van der Waals surface area contributed by atoms with Crippen molar-refractivity contribution in [1.29, 1.82) is 0 Å². The number of alkyl halides is 3. The fourth-order valence-electron chi connectivity index (χ4n) is 2.23. The molecule has 0 aliphatic carbocycles. The lowest BCUT2D eigenvalue weighted by Crippen LogP contribution is -2.37. The van der Waals surface area contributed by atoms with Gasteiger partial charge in [0.2, 0.25) is 0 Å². The smallest absolute Gasteiger partial charge is 0.357 e. The molecule has 0 amide bonds. The highest BCUT2D eigenvalue weighted by molar-refractivity contribution is 14.0. The minimum absolute atomic E-state index is 0. The molecule has 4 nitrogen and oxygen atoms in total. The van der Waals surface area contributed by atoms with E-state index >= 15 is 0 Å². The summed E-state index contributed by atoms with van der Waals surface area (Å²) in [4.78, 5) is 8.65. The van der Waals surface area contributed by atoms with Crippen LogP contribution in [0, 0.1) is 6.92 Å². The second-order valence-electron chi connectivity index (χ2n) is 5.51. The van der Waals surface area contributed by atoms with Crippen LogP contribution < -0.4 is 10.6 Å². The Bertz CT molecular complexity index is 732. The molecule has 8 heteroatoms. The molecule has 0 unspecified atom stereocenters. The molecule has 26 heavy (non-hydrogen) atoms. The van der Waals surface area contributed by atoms with Gasteiger partial charge in [-0.1, -0.05) is 18.2 Å². The Kier molecular flexibility index (Phi) is 8.83. The van der Waals surface area contributed by atoms with Gasteiger partial charge in [0.25, 0.3) is 0 Å². The number of aryl methyl sites for hydroxylation is 1. The molecule has 0 atom stereocenters. The van der Waals surface area contributed by atoms with Gasteiger partial charge < -0.3 is 10.6 Å². The van der Waals surface area contributed by atoms with Crippen molar-refractivity contribution in [3.05, 3.63) is 65.0 Å². The van der Waals surface area contributed by atoms with Crippen molar-refractivity contribution in [2.75, 3.05) is 6.54 Å². The van der Waals surface area contributed by atoms with E-state index in [1.165, 1.54) is 6.07 Å². The quantitative estimate of drug-likeness (QED) is 0.383. The highest BCUT2D eigenvalue weighted by Crippen LogP contribution is 2.29. The third-order valence-corrected chi connectivity index (χ3v) is 3.56. The van der Waals surface area contributed by atoms with E-state index in [1.807, 2.05) is 26.0 Å². The van der Waals surface area contributed by atoms with Crippen LogP contribution in [0.4, 0.5) is 13.2 Å². The van der Waals surface area contributed by atoms with Crippen LogP contribution in [0.2, 0.25) is 0 Å². The minimum atomic E-state index is -4.35. The molecular formula is C18H22F3IN4. The summed E-state index contributed by atoms with van der Waals surface area (Å²) in [5.74, 6) is 0.532. The van der Waals surface area contributed by atoms with Crippen molar-refractivity contribution >= 4 is 29.9 Å². The molecule has 0 saturated carbocycles. The molecule has 1 aromatic carbocycles. The van der Waals surface area contributed by atoms with Gasteiger partial charge in [-0.05, 0) is 43.2 Å². The van der Waals surface area contributed by atoms with Crippen LogP contribution in [-0.4, -0.2) is 17.5 Å². The molecule has 0 fully saturated rings. The number of aromatic nitrogens is 1. The molecule has 0 bridgehead atoms. The molecule has 1 aromatic heterocycles. The lowest BCUT2D eigenvalue weighted by Gasteiger charge is -2.12. The molecule has 0 spiro atoms. The number of hydrogen-bond acceptors (Lipinski definition) is 2. The Balaban J connectivity index is 0.00000338. The fraction of sp³-hybridized carbons (Fsp3) is 0.333. The van der Waals surface area contributed by atoms with Gasteiger partial charge in [-0.3, -0.25) is 4.98 Å².